The van der Waals surface area contributed by atoms with Gasteiger partial charge < -0.3 is 23.6 Å². The highest BCUT2D eigenvalue weighted by Gasteiger charge is 2.32. The van der Waals surface area contributed by atoms with Gasteiger partial charge in [-0.3, -0.25) is 4.79 Å². The zero-order chi connectivity index (χ0) is 21.8. The topological polar surface area (TPSA) is 86.9 Å². The first-order valence-electron chi connectivity index (χ1n) is 10.1. The minimum atomic E-state index is -0.0602. The Morgan fingerprint density at radius 3 is 2.58 bits per heavy atom. The maximum Gasteiger partial charge on any atom is 0.254 e. The van der Waals surface area contributed by atoms with Crippen molar-refractivity contribution in [3.63, 3.8) is 0 Å². The minimum absolute atomic E-state index is 0.0206. The second-order valence-corrected chi connectivity index (χ2v) is 7.31. The number of ether oxygens (including phenoxy) is 3. The van der Waals surface area contributed by atoms with E-state index in [2.05, 4.69) is 10.1 Å². The molecule has 1 atom stereocenters. The molecule has 3 aromatic rings. The third-order valence-corrected chi connectivity index (χ3v) is 5.35. The molecule has 0 unspecified atom stereocenters. The summed E-state index contributed by atoms with van der Waals surface area (Å²) in [7, 11) is 3.27. The van der Waals surface area contributed by atoms with Crippen LogP contribution in [0.25, 0.3) is 0 Å². The lowest BCUT2D eigenvalue weighted by Gasteiger charge is -2.27. The molecule has 0 radical (unpaired) electrons. The van der Waals surface area contributed by atoms with Crippen molar-refractivity contribution in [2.45, 2.75) is 32.4 Å². The van der Waals surface area contributed by atoms with Gasteiger partial charge in [0.15, 0.2) is 6.61 Å². The molecule has 0 N–H and O–H groups in total. The molecule has 162 valence electrons. The van der Waals surface area contributed by atoms with Crippen LogP contribution in [-0.2, 0) is 6.61 Å². The van der Waals surface area contributed by atoms with Gasteiger partial charge in [-0.1, -0.05) is 5.16 Å². The predicted octanol–water partition coefficient (Wildman–Crippen LogP) is 3.95. The van der Waals surface area contributed by atoms with Gasteiger partial charge in [0.2, 0.25) is 11.7 Å². The molecule has 0 aliphatic carbocycles. The van der Waals surface area contributed by atoms with Crippen LogP contribution < -0.4 is 14.2 Å². The van der Waals surface area contributed by atoms with Gasteiger partial charge in [0.05, 0.1) is 20.3 Å². The second-order valence-electron chi connectivity index (χ2n) is 7.31. The van der Waals surface area contributed by atoms with Crippen LogP contribution >= 0.6 is 0 Å². The summed E-state index contributed by atoms with van der Waals surface area (Å²) in [6.45, 7) is 2.62. The Labute approximate surface area is 180 Å². The van der Waals surface area contributed by atoms with Gasteiger partial charge in [0.25, 0.3) is 5.91 Å². The summed E-state index contributed by atoms with van der Waals surface area (Å²) in [6.07, 6.45) is 1.81. The Kier molecular flexibility index (Phi) is 6.06. The van der Waals surface area contributed by atoms with Crippen molar-refractivity contribution in [1.29, 1.82) is 0 Å². The second kappa shape index (κ2) is 9.07. The van der Waals surface area contributed by atoms with E-state index in [9.17, 15) is 4.79 Å². The number of methoxy groups -OCH3 is 2. The molecule has 0 bridgehead atoms. The highest BCUT2D eigenvalue weighted by atomic mass is 16.5. The van der Waals surface area contributed by atoms with E-state index >= 15 is 0 Å². The Hall–Kier alpha value is -3.55. The smallest absolute Gasteiger partial charge is 0.254 e. The van der Waals surface area contributed by atoms with E-state index in [-0.39, 0.29) is 18.6 Å². The number of nitrogens with zero attached hydrogens (tertiary/aromatic N) is 3. The zero-order valence-corrected chi connectivity index (χ0v) is 17.8. The van der Waals surface area contributed by atoms with E-state index in [4.69, 9.17) is 18.7 Å². The van der Waals surface area contributed by atoms with Crippen molar-refractivity contribution in [3.05, 3.63) is 65.3 Å². The average molecular weight is 423 g/mol. The molecule has 4 rings (SSSR count). The van der Waals surface area contributed by atoms with Crippen molar-refractivity contribution in [1.82, 2.24) is 15.0 Å². The van der Waals surface area contributed by atoms with Crippen LogP contribution in [0.4, 0.5) is 0 Å². The maximum atomic E-state index is 13.3. The first-order valence-corrected chi connectivity index (χ1v) is 10.1. The molecule has 8 heteroatoms. The Balaban J connectivity index is 1.48. The van der Waals surface area contributed by atoms with Gasteiger partial charge in [0, 0.05) is 24.6 Å². The summed E-state index contributed by atoms with van der Waals surface area (Å²) in [4.78, 5) is 19.3. The number of likely N-dealkylation sites (tertiary alicyclic amines) is 1. The number of benzene rings is 2. The molecule has 31 heavy (non-hydrogen) atoms. The summed E-state index contributed by atoms with van der Waals surface area (Å²) in [5.74, 6) is 3.08. The molecule has 1 amide bonds. The molecular weight excluding hydrogens is 398 g/mol. The SMILES string of the molecule is COc1ccc(OC)c([C@H]2CCCN2C(=O)c2ccc(OCc3noc(C)n3)cc2)c1. The summed E-state index contributed by atoms with van der Waals surface area (Å²) in [6, 6.07) is 12.7. The number of hydrogen-bond donors (Lipinski definition) is 0. The molecule has 0 spiro atoms. The normalized spacial score (nSPS) is 15.7. The highest BCUT2D eigenvalue weighted by Crippen LogP contribution is 2.39. The number of carbonyl (C=O) groups is 1. The zero-order valence-electron chi connectivity index (χ0n) is 17.8. The fraction of sp³-hybridized carbons (Fsp3) is 0.348. The molecule has 1 fully saturated rings. The maximum absolute atomic E-state index is 13.3. The molecule has 1 aliphatic rings. The fourth-order valence-electron chi connectivity index (χ4n) is 3.84. The molecular formula is C23H25N3O5. The number of aryl methyl sites for hydroxylation is 1. The van der Waals surface area contributed by atoms with E-state index < -0.39 is 0 Å². The van der Waals surface area contributed by atoms with Crippen LogP contribution in [0.15, 0.2) is 47.0 Å². The van der Waals surface area contributed by atoms with Crippen molar-refractivity contribution >= 4 is 5.91 Å². The largest absolute Gasteiger partial charge is 0.497 e. The number of carbonyl (C=O) groups excluding carboxylic acids is 1. The van der Waals surface area contributed by atoms with Crippen molar-refractivity contribution < 1.29 is 23.5 Å². The van der Waals surface area contributed by atoms with E-state index in [1.165, 1.54) is 0 Å². The molecule has 1 aliphatic heterocycles. The molecule has 2 heterocycles. The molecule has 1 saturated heterocycles. The van der Waals surface area contributed by atoms with Crippen LogP contribution in [0.3, 0.4) is 0 Å². The standard InChI is InChI=1S/C23H25N3O5/c1-15-24-22(25-31-15)14-30-17-8-6-16(7-9-17)23(27)26-12-4-5-20(26)19-13-18(28-2)10-11-21(19)29-3/h6-11,13,20H,4-5,12,14H2,1-3H3/t20-/m1/s1. The van der Waals surface area contributed by atoms with Crippen LogP contribution in [0, 0.1) is 6.92 Å². The third kappa shape index (κ3) is 4.47. The predicted molar refractivity (Wildman–Crippen MR) is 112 cm³/mol. The number of rotatable bonds is 7. The Morgan fingerprint density at radius 1 is 1.13 bits per heavy atom. The molecule has 2 aromatic carbocycles. The highest BCUT2D eigenvalue weighted by molar-refractivity contribution is 5.94. The van der Waals surface area contributed by atoms with Crippen LogP contribution in [-0.4, -0.2) is 41.7 Å². The van der Waals surface area contributed by atoms with Gasteiger partial charge in [0.1, 0.15) is 17.2 Å². The van der Waals surface area contributed by atoms with Gasteiger partial charge in [-0.25, -0.2) is 0 Å². The van der Waals surface area contributed by atoms with Crippen molar-refractivity contribution in [2.75, 3.05) is 20.8 Å². The van der Waals surface area contributed by atoms with E-state index in [0.717, 1.165) is 29.9 Å². The lowest BCUT2D eigenvalue weighted by molar-refractivity contribution is 0.0734. The van der Waals surface area contributed by atoms with Crippen molar-refractivity contribution in [3.8, 4) is 17.2 Å². The lowest BCUT2D eigenvalue weighted by Crippen LogP contribution is -2.30. The summed E-state index contributed by atoms with van der Waals surface area (Å²) in [5.41, 5.74) is 1.57. The van der Waals surface area contributed by atoms with E-state index in [1.807, 2.05) is 23.1 Å². The average Bonchev–Trinajstić information content (AvgIpc) is 3.46. The van der Waals surface area contributed by atoms with Crippen LogP contribution in [0.1, 0.15) is 46.5 Å². The number of hydrogen-bond acceptors (Lipinski definition) is 7. The van der Waals surface area contributed by atoms with Crippen molar-refractivity contribution in [2.24, 2.45) is 0 Å². The van der Waals surface area contributed by atoms with Crippen LogP contribution in [0.2, 0.25) is 0 Å². The lowest BCUT2D eigenvalue weighted by atomic mass is 10.0. The molecule has 1 aromatic heterocycles. The van der Waals surface area contributed by atoms with Crippen LogP contribution in [0.5, 0.6) is 17.2 Å². The van der Waals surface area contributed by atoms with Gasteiger partial charge >= 0.3 is 0 Å². The van der Waals surface area contributed by atoms with E-state index in [1.54, 1.807) is 45.4 Å². The summed E-state index contributed by atoms with van der Waals surface area (Å²) >= 11 is 0. The molecule has 8 nitrogen and oxygen atoms in total. The van der Waals surface area contributed by atoms with E-state index in [0.29, 0.717) is 29.6 Å². The van der Waals surface area contributed by atoms with Gasteiger partial charge in [-0.15, -0.1) is 0 Å². The van der Waals surface area contributed by atoms with Gasteiger partial charge in [-0.2, -0.15) is 4.98 Å². The number of aromatic nitrogens is 2. The minimum Gasteiger partial charge on any atom is -0.497 e. The summed E-state index contributed by atoms with van der Waals surface area (Å²) in [5, 5.41) is 3.80. The van der Waals surface area contributed by atoms with Gasteiger partial charge in [-0.05, 0) is 55.3 Å². The summed E-state index contributed by atoms with van der Waals surface area (Å²) < 4.78 is 21.5. The first kappa shape index (κ1) is 20.7. The Bertz CT molecular complexity index is 1050. The number of amides is 1. The quantitative estimate of drug-likeness (QED) is 0.569. The molecule has 0 saturated carbocycles. The fourth-order valence-corrected chi connectivity index (χ4v) is 3.84. The Morgan fingerprint density at radius 2 is 1.90 bits per heavy atom. The monoisotopic (exact) mass is 423 g/mol. The third-order valence-electron chi connectivity index (χ3n) is 5.35. The first-order chi connectivity index (χ1) is 15.1.